The molecule has 8 nitrogen and oxygen atoms in total. The quantitative estimate of drug-likeness (QED) is 0.574. The van der Waals surface area contributed by atoms with Crippen LogP contribution in [0.1, 0.15) is 37.7 Å². The lowest BCUT2D eigenvalue weighted by Gasteiger charge is -2.44. The molecule has 3 aliphatic heterocycles. The molecule has 0 aliphatic carbocycles. The van der Waals surface area contributed by atoms with Crippen molar-refractivity contribution in [3.05, 3.63) is 29.8 Å². The fourth-order valence-electron chi connectivity index (χ4n) is 5.40. The average molecular weight is 460 g/mol. The number of nitrogens with zero attached hydrogens (tertiary/aromatic N) is 2. The zero-order chi connectivity index (χ0) is 23.4. The van der Waals surface area contributed by atoms with Gasteiger partial charge in [-0.15, -0.1) is 0 Å². The van der Waals surface area contributed by atoms with Gasteiger partial charge in [0, 0.05) is 32.0 Å². The Bertz CT molecular complexity index is 831. The molecule has 33 heavy (non-hydrogen) atoms. The van der Waals surface area contributed by atoms with Gasteiger partial charge in [-0.3, -0.25) is 9.59 Å². The monoisotopic (exact) mass is 459 g/mol. The number of fused-ring (bicyclic) bond motifs is 1. The van der Waals surface area contributed by atoms with E-state index in [2.05, 4.69) is 17.3 Å². The summed E-state index contributed by atoms with van der Waals surface area (Å²) in [7, 11) is 2.09. The molecule has 3 aliphatic rings. The predicted molar refractivity (Wildman–Crippen MR) is 124 cm³/mol. The Labute approximate surface area is 195 Å². The zero-order valence-electron chi connectivity index (χ0n) is 19.5. The minimum atomic E-state index is -0.930. The van der Waals surface area contributed by atoms with E-state index in [1.165, 1.54) is 0 Å². The summed E-state index contributed by atoms with van der Waals surface area (Å²) in [6, 6.07) is 7.29. The number of rotatable bonds is 1. The largest absolute Gasteiger partial charge is 0.483 e. The number of piperidine rings is 2. The lowest BCUT2D eigenvalue weighted by molar-refractivity contribution is -0.140. The van der Waals surface area contributed by atoms with Crippen LogP contribution in [0.2, 0.25) is 0 Å². The van der Waals surface area contributed by atoms with Gasteiger partial charge < -0.3 is 30.1 Å². The van der Waals surface area contributed by atoms with Gasteiger partial charge in [-0.2, -0.15) is 0 Å². The number of hydrogen-bond acceptors (Lipinski definition) is 6. The zero-order valence-corrected chi connectivity index (χ0v) is 19.5. The van der Waals surface area contributed by atoms with Gasteiger partial charge >= 0.3 is 0 Å². The van der Waals surface area contributed by atoms with Crippen molar-refractivity contribution in [2.45, 2.75) is 50.7 Å². The molecule has 0 saturated carbocycles. The number of hydrogen-bond donors (Lipinski definition) is 3. The average Bonchev–Trinajstić information content (AvgIpc) is 2.82. The summed E-state index contributed by atoms with van der Waals surface area (Å²) in [5, 5.41) is 24.6. The highest BCUT2D eigenvalue weighted by molar-refractivity contribution is 5.79. The van der Waals surface area contributed by atoms with E-state index in [1.54, 1.807) is 6.07 Å². The number of carbonyl (C=O) groups excluding carboxylic acids is 2. The van der Waals surface area contributed by atoms with E-state index in [0.29, 0.717) is 44.6 Å². The molecule has 0 unspecified atom stereocenters. The third-order valence-corrected chi connectivity index (χ3v) is 7.71. The Balaban J connectivity index is 1.43. The van der Waals surface area contributed by atoms with Crippen LogP contribution in [-0.4, -0.2) is 90.4 Å². The number of carbonyl (C=O) groups is 2. The second kappa shape index (κ2) is 10.4. The SMILES string of the molecule is CN1CCC(C(=O)N2CCC3(CC2)CNC(=O)COc2ccccc2C[C@H](O)[C@H](O)C3)CC1. The first-order valence-electron chi connectivity index (χ1n) is 12.2. The van der Waals surface area contributed by atoms with Crippen LogP contribution in [-0.2, 0) is 16.0 Å². The number of benzene rings is 1. The van der Waals surface area contributed by atoms with Crippen LogP contribution >= 0.6 is 0 Å². The van der Waals surface area contributed by atoms with E-state index in [1.807, 2.05) is 23.1 Å². The van der Waals surface area contributed by atoms with E-state index in [0.717, 1.165) is 31.5 Å². The molecule has 2 saturated heterocycles. The summed E-state index contributed by atoms with van der Waals surface area (Å²) in [6.45, 7) is 3.45. The van der Waals surface area contributed by atoms with Gasteiger partial charge in [-0.1, -0.05) is 18.2 Å². The molecule has 8 heteroatoms. The highest BCUT2D eigenvalue weighted by atomic mass is 16.5. The number of para-hydroxylation sites is 1. The van der Waals surface area contributed by atoms with Crippen LogP contribution < -0.4 is 10.1 Å². The van der Waals surface area contributed by atoms with Crippen molar-refractivity contribution in [1.82, 2.24) is 15.1 Å². The molecule has 0 bridgehead atoms. The standard InChI is InChI=1S/C25H37N3O5/c1-27-10-6-18(7-11-27)24(32)28-12-8-25(9-13-28)15-21(30)20(29)14-19-4-2-3-5-22(19)33-16-23(31)26-17-25/h2-5,18,20-21,29-30H,6-17H2,1H3,(H,26,31)/t20-,21+/m0/s1. The molecule has 2 atom stereocenters. The molecule has 2 fully saturated rings. The van der Waals surface area contributed by atoms with Gasteiger partial charge in [-0.05, 0) is 69.3 Å². The Hall–Kier alpha value is -2.16. The molecule has 0 radical (unpaired) electrons. The first-order valence-corrected chi connectivity index (χ1v) is 12.2. The van der Waals surface area contributed by atoms with Gasteiger partial charge in [0.1, 0.15) is 5.75 Å². The molecule has 182 valence electrons. The second-order valence-electron chi connectivity index (χ2n) is 10.1. The maximum atomic E-state index is 13.1. The molecule has 1 spiro atoms. The highest BCUT2D eigenvalue weighted by Crippen LogP contribution is 2.38. The van der Waals surface area contributed by atoms with E-state index >= 15 is 0 Å². The number of nitrogens with one attached hydrogen (secondary N) is 1. The van der Waals surface area contributed by atoms with Gasteiger partial charge in [0.05, 0.1) is 12.2 Å². The van der Waals surface area contributed by atoms with Crippen LogP contribution in [0, 0.1) is 11.3 Å². The topological polar surface area (TPSA) is 102 Å². The third kappa shape index (κ3) is 5.86. The molecule has 1 aromatic carbocycles. The van der Waals surface area contributed by atoms with Crippen LogP contribution in [0.25, 0.3) is 0 Å². The number of ether oxygens (including phenoxy) is 1. The Morgan fingerprint density at radius 2 is 1.79 bits per heavy atom. The summed E-state index contributed by atoms with van der Waals surface area (Å²) in [5.74, 6) is 0.677. The minimum Gasteiger partial charge on any atom is -0.483 e. The fraction of sp³-hybridized carbons (Fsp3) is 0.680. The summed E-state index contributed by atoms with van der Waals surface area (Å²) in [4.78, 5) is 29.7. The molecular weight excluding hydrogens is 422 g/mol. The van der Waals surface area contributed by atoms with Crippen molar-refractivity contribution in [1.29, 1.82) is 0 Å². The Kier molecular flexibility index (Phi) is 7.56. The predicted octanol–water partition coefficient (Wildman–Crippen LogP) is 0.800. The normalized spacial score (nSPS) is 27.6. The van der Waals surface area contributed by atoms with Gasteiger partial charge in [0.2, 0.25) is 5.91 Å². The maximum absolute atomic E-state index is 13.1. The van der Waals surface area contributed by atoms with E-state index < -0.39 is 12.2 Å². The van der Waals surface area contributed by atoms with Crippen molar-refractivity contribution in [2.75, 3.05) is 46.4 Å². The smallest absolute Gasteiger partial charge is 0.257 e. The van der Waals surface area contributed by atoms with Crippen LogP contribution in [0.5, 0.6) is 5.75 Å². The van der Waals surface area contributed by atoms with Crippen LogP contribution in [0.3, 0.4) is 0 Å². The number of aliphatic hydroxyl groups is 2. The highest BCUT2D eigenvalue weighted by Gasteiger charge is 2.40. The summed E-state index contributed by atoms with van der Waals surface area (Å²) >= 11 is 0. The van der Waals surface area contributed by atoms with Gasteiger partial charge in [-0.25, -0.2) is 0 Å². The molecule has 1 aromatic rings. The Morgan fingerprint density at radius 1 is 1.09 bits per heavy atom. The first-order chi connectivity index (χ1) is 15.8. The van der Waals surface area contributed by atoms with Crippen molar-refractivity contribution < 1.29 is 24.5 Å². The van der Waals surface area contributed by atoms with Gasteiger partial charge in [0.25, 0.3) is 5.91 Å². The van der Waals surface area contributed by atoms with Crippen molar-refractivity contribution in [3.8, 4) is 5.75 Å². The number of aliphatic hydroxyl groups excluding tert-OH is 2. The lowest BCUT2D eigenvalue weighted by Crippen LogP contribution is -2.52. The Morgan fingerprint density at radius 3 is 2.52 bits per heavy atom. The molecule has 0 aromatic heterocycles. The molecule has 3 heterocycles. The maximum Gasteiger partial charge on any atom is 0.257 e. The summed E-state index contributed by atoms with van der Waals surface area (Å²) in [6.07, 6.45) is 1.97. The van der Waals surface area contributed by atoms with Gasteiger partial charge in [0.15, 0.2) is 6.61 Å². The van der Waals surface area contributed by atoms with Crippen molar-refractivity contribution in [3.63, 3.8) is 0 Å². The summed E-state index contributed by atoms with van der Waals surface area (Å²) < 4.78 is 5.69. The van der Waals surface area contributed by atoms with Crippen LogP contribution in [0.15, 0.2) is 24.3 Å². The fourth-order valence-corrected chi connectivity index (χ4v) is 5.40. The van der Waals surface area contributed by atoms with Crippen LogP contribution in [0.4, 0.5) is 0 Å². The van der Waals surface area contributed by atoms with E-state index in [-0.39, 0.29) is 36.2 Å². The second-order valence-corrected chi connectivity index (χ2v) is 10.1. The molecular formula is C25H37N3O5. The summed E-state index contributed by atoms with van der Waals surface area (Å²) in [5.41, 5.74) is 0.406. The minimum absolute atomic E-state index is 0.0908. The number of likely N-dealkylation sites (tertiary alicyclic amines) is 2. The molecule has 4 rings (SSSR count). The first kappa shape index (κ1) is 24.0. The van der Waals surface area contributed by atoms with Crippen molar-refractivity contribution in [2.24, 2.45) is 11.3 Å². The number of amides is 2. The molecule has 2 amide bonds. The van der Waals surface area contributed by atoms with Crippen molar-refractivity contribution >= 4 is 11.8 Å². The van der Waals surface area contributed by atoms with E-state index in [9.17, 15) is 19.8 Å². The lowest BCUT2D eigenvalue weighted by atomic mass is 9.72. The van der Waals surface area contributed by atoms with E-state index in [4.69, 9.17) is 4.74 Å². The third-order valence-electron chi connectivity index (χ3n) is 7.71. The molecule has 3 N–H and O–H groups in total.